The standard InChI is InChI=1S/C15H30N2O/c1-4-15-11-18-13(3)10-17(15)12(2)9-14-7-5-6-8-16-14/h12-16H,4-11H2,1-3H3. The van der Waals surface area contributed by atoms with E-state index in [1.807, 2.05) is 0 Å². The van der Waals surface area contributed by atoms with Crippen molar-refractivity contribution in [3.63, 3.8) is 0 Å². The zero-order valence-corrected chi connectivity index (χ0v) is 12.3. The third-order valence-electron chi connectivity index (χ3n) is 4.59. The lowest BCUT2D eigenvalue weighted by Gasteiger charge is -2.43. The van der Waals surface area contributed by atoms with Crippen LogP contribution in [0.4, 0.5) is 0 Å². The Balaban J connectivity index is 1.86. The van der Waals surface area contributed by atoms with E-state index in [0.717, 1.165) is 19.2 Å². The summed E-state index contributed by atoms with van der Waals surface area (Å²) in [5, 5.41) is 3.68. The van der Waals surface area contributed by atoms with Crippen LogP contribution in [0.25, 0.3) is 0 Å². The Morgan fingerprint density at radius 2 is 2.22 bits per heavy atom. The zero-order chi connectivity index (χ0) is 13.0. The molecule has 0 amide bonds. The van der Waals surface area contributed by atoms with Crippen LogP contribution < -0.4 is 5.32 Å². The van der Waals surface area contributed by atoms with Gasteiger partial charge in [0.05, 0.1) is 12.7 Å². The van der Waals surface area contributed by atoms with Crippen molar-refractivity contribution in [2.24, 2.45) is 0 Å². The molecule has 3 nitrogen and oxygen atoms in total. The van der Waals surface area contributed by atoms with Crippen LogP contribution in [0, 0.1) is 0 Å². The van der Waals surface area contributed by atoms with E-state index in [1.54, 1.807) is 0 Å². The van der Waals surface area contributed by atoms with E-state index in [1.165, 1.54) is 38.6 Å². The summed E-state index contributed by atoms with van der Waals surface area (Å²) in [5.74, 6) is 0. The van der Waals surface area contributed by atoms with Crippen molar-refractivity contribution in [2.45, 2.75) is 77.1 Å². The van der Waals surface area contributed by atoms with Crippen molar-refractivity contribution >= 4 is 0 Å². The summed E-state index contributed by atoms with van der Waals surface area (Å²) in [5.41, 5.74) is 0. The molecule has 3 heteroatoms. The maximum absolute atomic E-state index is 5.79. The Hall–Kier alpha value is -0.120. The number of nitrogens with zero attached hydrogens (tertiary/aromatic N) is 1. The van der Waals surface area contributed by atoms with Gasteiger partial charge >= 0.3 is 0 Å². The van der Waals surface area contributed by atoms with Crippen LogP contribution >= 0.6 is 0 Å². The Morgan fingerprint density at radius 3 is 2.89 bits per heavy atom. The first-order chi connectivity index (χ1) is 8.70. The molecule has 0 aromatic carbocycles. The van der Waals surface area contributed by atoms with Gasteiger partial charge in [-0.3, -0.25) is 4.90 Å². The molecule has 0 aliphatic carbocycles. The fourth-order valence-corrected chi connectivity index (χ4v) is 3.43. The molecule has 2 fully saturated rings. The van der Waals surface area contributed by atoms with E-state index in [0.29, 0.717) is 18.2 Å². The van der Waals surface area contributed by atoms with Crippen molar-refractivity contribution in [1.29, 1.82) is 0 Å². The minimum absolute atomic E-state index is 0.398. The molecular weight excluding hydrogens is 224 g/mol. The highest BCUT2D eigenvalue weighted by Crippen LogP contribution is 2.21. The zero-order valence-electron chi connectivity index (χ0n) is 12.3. The maximum atomic E-state index is 5.79. The SMILES string of the molecule is CCC1COC(C)CN1C(C)CC1CCCCN1. The molecule has 4 atom stereocenters. The molecule has 0 bridgehead atoms. The highest BCUT2D eigenvalue weighted by Gasteiger charge is 2.30. The molecule has 0 radical (unpaired) electrons. The Bertz CT molecular complexity index is 241. The number of ether oxygens (including phenoxy) is 1. The van der Waals surface area contributed by atoms with Crippen LogP contribution in [-0.4, -0.2) is 48.8 Å². The van der Waals surface area contributed by atoms with Gasteiger partial charge in [-0.05, 0) is 46.1 Å². The summed E-state index contributed by atoms with van der Waals surface area (Å²) >= 11 is 0. The molecule has 0 aromatic heterocycles. The number of rotatable bonds is 4. The molecule has 0 spiro atoms. The van der Waals surface area contributed by atoms with E-state index in [-0.39, 0.29) is 0 Å². The molecule has 0 aromatic rings. The lowest BCUT2D eigenvalue weighted by Crippen LogP contribution is -2.53. The number of hydrogen-bond acceptors (Lipinski definition) is 3. The second-order valence-corrected chi connectivity index (χ2v) is 6.13. The monoisotopic (exact) mass is 254 g/mol. The fraction of sp³-hybridized carbons (Fsp3) is 1.00. The summed E-state index contributed by atoms with van der Waals surface area (Å²) in [6.07, 6.45) is 7.02. The predicted octanol–water partition coefficient (Wildman–Crippen LogP) is 2.41. The average Bonchev–Trinajstić information content (AvgIpc) is 2.40. The molecule has 106 valence electrons. The first kappa shape index (κ1) is 14.3. The number of nitrogens with one attached hydrogen (secondary N) is 1. The molecule has 2 heterocycles. The first-order valence-electron chi connectivity index (χ1n) is 7.81. The minimum Gasteiger partial charge on any atom is -0.376 e. The Kier molecular flexibility index (Phi) is 5.46. The van der Waals surface area contributed by atoms with Gasteiger partial charge in [0, 0.05) is 24.7 Å². The van der Waals surface area contributed by atoms with Gasteiger partial charge in [-0.2, -0.15) is 0 Å². The van der Waals surface area contributed by atoms with Crippen LogP contribution in [0.3, 0.4) is 0 Å². The van der Waals surface area contributed by atoms with Crippen LogP contribution in [-0.2, 0) is 4.74 Å². The van der Waals surface area contributed by atoms with Gasteiger partial charge in [-0.15, -0.1) is 0 Å². The van der Waals surface area contributed by atoms with E-state index >= 15 is 0 Å². The molecule has 2 saturated heterocycles. The van der Waals surface area contributed by atoms with Crippen LogP contribution in [0.15, 0.2) is 0 Å². The maximum Gasteiger partial charge on any atom is 0.0674 e. The lowest BCUT2D eigenvalue weighted by atomic mass is 9.96. The van der Waals surface area contributed by atoms with Crippen molar-refractivity contribution < 1.29 is 4.74 Å². The van der Waals surface area contributed by atoms with Crippen molar-refractivity contribution in [3.05, 3.63) is 0 Å². The van der Waals surface area contributed by atoms with Crippen LogP contribution in [0.2, 0.25) is 0 Å². The Labute approximate surface area is 112 Å². The van der Waals surface area contributed by atoms with Gasteiger partial charge in [-0.1, -0.05) is 13.3 Å². The second kappa shape index (κ2) is 6.88. The van der Waals surface area contributed by atoms with Gasteiger partial charge in [-0.25, -0.2) is 0 Å². The summed E-state index contributed by atoms with van der Waals surface area (Å²) < 4.78 is 5.79. The van der Waals surface area contributed by atoms with Gasteiger partial charge in [0.25, 0.3) is 0 Å². The van der Waals surface area contributed by atoms with Crippen LogP contribution in [0.5, 0.6) is 0 Å². The summed E-state index contributed by atoms with van der Waals surface area (Å²) in [6, 6.07) is 2.04. The highest BCUT2D eigenvalue weighted by atomic mass is 16.5. The number of morpholine rings is 1. The third kappa shape index (κ3) is 3.69. The van der Waals surface area contributed by atoms with Gasteiger partial charge in [0.1, 0.15) is 0 Å². The normalized spacial score (nSPS) is 36.5. The Morgan fingerprint density at radius 1 is 1.39 bits per heavy atom. The minimum atomic E-state index is 0.398. The van der Waals surface area contributed by atoms with E-state index in [9.17, 15) is 0 Å². The van der Waals surface area contributed by atoms with Crippen molar-refractivity contribution in [3.8, 4) is 0 Å². The molecule has 0 saturated carbocycles. The number of hydrogen-bond donors (Lipinski definition) is 1. The molecule has 2 aliphatic heterocycles. The molecule has 18 heavy (non-hydrogen) atoms. The molecular formula is C15H30N2O. The van der Waals surface area contributed by atoms with Crippen molar-refractivity contribution in [1.82, 2.24) is 10.2 Å². The molecule has 1 N–H and O–H groups in total. The van der Waals surface area contributed by atoms with Gasteiger partial charge < -0.3 is 10.1 Å². The van der Waals surface area contributed by atoms with E-state index in [2.05, 4.69) is 31.0 Å². The van der Waals surface area contributed by atoms with Crippen molar-refractivity contribution in [2.75, 3.05) is 19.7 Å². The number of piperidine rings is 1. The summed E-state index contributed by atoms with van der Waals surface area (Å²) in [6.45, 7) is 10.1. The fourth-order valence-electron chi connectivity index (χ4n) is 3.43. The smallest absolute Gasteiger partial charge is 0.0674 e. The first-order valence-corrected chi connectivity index (χ1v) is 7.81. The summed E-state index contributed by atoms with van der Waals surface area (Å²) in [7, 11) is 0. The average molecular weight is 254 g/mol. The molecule has 2 rings (SSSR count). The topological polar surface area (TPSA) is 24.5 Å². The van der Waals surface area contributed by atoms with E-state index < -0.39 is 0 Å². The van der Waals surface area contributed by atoms with E-state index in [4.69, 9.17) is 4.74 Å². The summed E-state index contributed by atoms with van der Waals surface area (Å²) in [4.78, 5) is 2.68. The third-order valence-corrected chi connectivity index (χ3v) is 4.59. The van der Waals surface area contributed by atoms with Gasteiger partial charge in [0.15, 0.2) is 0 Å². The predicted molar refractivity (Wildman–Crippen MR) is 75.9 cm³/mol. The van der Waals surface area contributed by atoms with Gasteiger partial charge in [0.2, 0.25) is 0 Å². The van der Waals surface area contributed by atoms with Crippen LogP contribution in [0.1, 0.15) is 52.9 Å². The largest absolute Gasteiger partial charge is 0.376 e. The highest BCUT2D eigenvalue weighted by molar-refractivity contribution is 4.85. The molecule has 4 unspecified atom stereocenters. The molecule has 2 aliphatic rings. The quantitative estimate of drug-likeness (QED) is 0.834. The lowest BCUT2D eigenvalue weighted by molar-refractivity contribution is -0.0722. The second-order valence-electron chi connectivity index (χ2n) is 6.13.